The first-order chi connectivity index (χ1) is 7.77. The molecule has 1 aromatic carbocycles. The molecule has 0 aliphatic heterocycles. The van der Waals surface area contributed by atoms with Crippen molar-refractivity contribution in [3.05, 3.63) is 41.7 Å². The predicted molar refractivity (Wildman–Crippen MR) is 60.6 cm³/mol. The smallest absolute Gasteiger partial charge is 0.191 e. The van der Waals surface area contributed by atoms with Gasteiger partial charge in [-0.25, -0.2) is 0 Å². The van der Waals surface area contributed by atoms with Crippen molar-refractivity contribution < 1.29 is 0 Å². The quantitative estimate of drug-likeness (QED) is 0.816. The number of tetrazole rings is 1. The molecule has 2 aromatic rings. The Labute approximate surface area is 94.3 Å². The summed E-state index contributed by atoms with van der Waals surface area (Å²) in [5.41, 5.74) is 1.25. The molecule has 0 radical (unpaired) electrons. The minimum atomic E-state index is 0.0777. The molecule has 0 amide bonds. The summed E-state index contributed by atoms with van der Waals surface area (Å²) >= 11 is 0. The summed E-state index contributed by atoms with van der Waals surface area (Å²) in [5, 5.41) is 17.3. The highest BCUT2D eigenvalue weighted by Gasteiger charge is 2.13. The fourth-order valence-corrected chi connectivity index (χ4v) is 1.64. The monoisotopic (exact) mass is 217 g/mol. The molecular formula is C11H15N5. The Balaban J connectivity index is 2.00. The molecule has 2 N–H and O–H groups in total. The second kappa shape index (κ2) is 4.85. The lowest BCUT2D eigenvalue weighted by atomic mass is 10.1. The minimum Gasteiger partial charge on any atom is -0.301 e. The molecule has 2 unspecified atom stereocenters. The maximum atomic E-state index is 3.95. The van der Waals surface area contributed by atoms with Crippen LogP contribution in [0.4, 0.5) is 0 Å². The fourth-order valence-electron chi connectivity index (χ4n) is 1.64. The molecule has 0 fully saturated rings. The van der Waals surface area contributed by atoms with Crippen LogP contribution >= 0.6 is 0 Å². The number of nitrogens with zero attached hydrogens (tertiary/aromatic N) is 3. The summed E-state index contributed by atoms with van der Waals surface area (Å²) < 4.78 is 0. The lowest BCUT2D eigenvalue weighted by Gasteiger charge is -2.17. The van der Waals surface area contributed by atoms with Gasteiger partial charge < -0.3 is 5.32 Å². The van der Waals surface area contributed by atoms with E-state index in [1.165, 1.54) is 5.56 Å². The minimum absolute atomic E-state index is 0.0777. The average molecular weight is 217 g/mol. The molecule has 5 nitrogen and oxygen atoms in total. The van der Waals surface area contributed by atoms with Gasteiger partial charge in [-0.2, -0.15) is 5.21 Å². The molecule has 2 rings (SSSR count). The van der Waals surface area contributed by atoms with E-state index in [0.29, 0.717) is 5.82 Å². The number of H-pyrrole nitrogens is 1. The van der Waals surface area contributed by atoms with Crippen molar-refractivity contribution in [2.45, 2.75) is 25.9 Å². The van der Waals surface area contributed by atoms with Gasteiger partial charge in [0.05, 0.1) is 6.04 Å². The molecular weight excluding hydrogens is 202 g/mol. The second-order valence-electron chi connectivity index (χ2n) is 3.79. The van der Waals surface area contributed by atoms with Gasteiger partial charge in [-0.15, -0.1) is 10.2 Å². The Bertz CT molecular complexity index is 411. The molecule has 0 aliphatic rings. The van der Waals surface area contributed by atoms with Gasteiger partial charge in [-0.05, 0) is 19.4 Å². The van der Waals surface area contributed by atoms with E-state index in [4.69, 9.17) is 0 Å². The van der Waals surface area contributed by atoms with Crippen molar-refractivity contribution in [3.63, 3.8) is 0 Å². The van der Waals surface area contributed by atoms with Gasteiger partial charge in [0.2, 0.25) is 0 Å². The zero-order valence-corrected chi connectivity index (χ0v) is 9.38. The maximum Gasteiger partial charge on any atom is 0.191 e. The highest BCUT2D eigenvalue weighted by atomic mass is 15.5. The zero-order chi connectivity index (χ0) is 11.4. The molecule has 84 valence electrons. The van der Waals surface area contributed by atoms with Gasteiger partial charge in [0, 0.05) is 6.04 Å². The molecule has 16 heavy (non-hydrogen) atoms. The van der Waals surface area contributed by atoms with Gasteiger partial charge in [0.25, 0.3) is 0 Å². The van der Waals surface area contributed by atoms with E-state index in [1.54, 1.807) is 0 Å². The number of benzene rings is 1. The third kappa shape index (κ3) is 2.43. The average Bonchev–Trinajstić information content (AvgIpc) is 2.83. The second-order valence-corrected chi connectivity index (χ2v) is 3.79. The van der Waals surface area contributed by atoms with Crippen molar-refractivity contribution in [2.75, 3.05) is 0 Å². The lowest BCUT2D eigenvalue weighted by molar-refractivity contribution is 0.477. The summed E-state index contributed by atoms with van der Waals surface area (Å²) in [6, 6.07) is 10.6. The van der Waals surface area contributed by atoms with Gasteiger partial charge in [-0.3, -0.25) is 0 Å². The summed E-state index contributed by atoms with van der Waals surface area (Å²) in [5.74, 6) is 0.683. The largest absolute Gasteiger partial charge is 0.301 e. The molecule has 5 heteroatoms. The molecule has 0 saturated heterocycles. The van der Waals surface area contributed by atoms with Gasteiger partial charge in [0.15, 0.2) is 5.82 Å². The molecule has 0 spiro atoms. The lowest BCUT2D eigenvalue weighted by Crippen LogP contribution is -2.23. The third-order valence-electron chi connectivity index (χ3n) is 2.55. The fraction of sp³-hybridized carbons (Fsp3) is 0.364. The first kappa shape index (κ1) is 10.8. The Morgan fingerprint density at radius 2 is 1.88 bits per heavy atom. The van der Waals surface area contributed by atoms with E-state index in [9.17, 15) is 0 Å². The van der Waals surface area contributed by atoms with E-state index in [-0.39, 0.29) is 12.1 Å². The number of rotatable bonds is 4. The van der Waals surface area contributed by atoms with Gasteiger partial charge >= 0.3 is 0 Å². The number of nitrogens with one attached hydrogen (secondary N) is 2. The number of hydrogen-bond acceptors (Lipinski definition) is 4. The Morgan fingerprint density at radius 3 is 2.50 bits per heavy atom. The SMILES string of the molecule is CC(NC(C)c1nn[nH]n1)c1ccccc1. The van der Waals surface area contributed by atoms with Crippen LogP contribution in [0.5, 0.6) is 0 Å². The van der Waals surface area contributed by atoms with Gasteiger partial charge in [-0.1, -0.05) is 35.5 Å². The number of aromatic nitrogens is 4. The van der Waals surface area contributed by atoms with Crippen LogP contribution in [0.3, 0.4) is 0 Å². The van der Waals surface area contributed by atoms with Crippen molar-refractivity contribution in [3.8, 4) is 0 Å². The normalized spacial score (nSPS) is 14.6. The molecule has 1 aromatic heterocycles. The first-order valence-electron chi connectivity index (χ1n) is 5.31. The van der Waals surface area contributed by atoms with Crippen LogP contribution in [0.25, 0.3) is 0 Å². The van der Waals surface area contributed by atoms with Gasteiger partial charge in [0.1, 0.15) is 0 Å². The highest BCUT2D eigenvalue weighted by molar-refractivity contribution is 5.18. The zero-order valence-electron chi connectivity index (χ0n) is 9.38. The first-order valence-corrected chi connectivity index (χ1v) is 5.31. The molecule has 1 heterocycles. The van der Waals surface area contributed by atoms with Crippen LogP contribution in [0.15, 0.2) is 30.3 Å². The highest BCUT2D eigenvalue weighted by Crippen LogP contribution is 2.15. The van der Waals surface area contributed by atoms with E-state index >= 15 is 0 Å². The van der Waals surface area contributed by atoms with E-state index in [1.807, 2.05) is 25.1 Å². The van der Waals surface area contributed by atoms with E-state index < -0.39 is 0 Å². The van der Waals surface area contributed by atoms with Crippen LogP contribution < -0.4 is 5.32 Å². The molecule has 2 atom stereocenters. The van der Waals surface area contributed by atoms with Crippen molar-refractivity contribution in [2.24, 2.45) is 0 Å². The summed E-state index contributed by atoms with van der Waals surface area (Å²) in [4.78, 5) is 0. The van der Waals surface area contributed by atoms with Crippen LogP contribution in [0, 0.1) is 0 Å². The van der Waals surface area contributed by atoms with Crippen LogP contribution in [-0.2, 0) is 0 Å². The molecule has 0 aliphatic carbocycles. The Kier molecular flexibility index (Phi) is 3.26. The molecule has 0 saturated carbocycles. The molecule has 0 bridgehead atoms. The topological polar surface area (TPSA) is 66.5 Å². The predicted octanol–water partition coefficient (Wildman–Crippen LogP) is 1.61. The summed E-state index contributed by atoms with van der Waals surface area (Å²) in [6.45, 7) is 4.14. The maximum absolute atomic E-state index is 3.95. The Morgan fingerprint density at radius 1 is 1.12 bits per heavy atom. The van der Waals surface area contributed by atoms with Crippen LogP contribution in [0.2, 0.25) is 0 Å². The standard InChI is InChI=1S/C11H15N5/c1-8(10-6-4-3-5-7-10)12-9(2)11-13-15-16-14-11/h3-9,12H,1-2H3,(H,13,14,15,16). The van der Waals surface area contributed by atoms with Crippen molar-refractivity contribution in [1.82, 2.24) is 25.9 Å². The van der Waals surface area contributed by atoms with Crippen molar-refractivity contribution in [1.29, 1.82) is 0 Å². The third-order valence-corrected chi connectivity index (χ3v) is 2.55. The summed E-state index contributed by atoms with van der Waals surface area (Å²) in [6.07, 6.45) is 0. The van der Waals surface area contributed by atoms with Crippen molar-refractivity contribution >= 4 is 0 Å². The van der Waals surface area contributed by atoms with E-state index in [0.717, 1.165) is 0 Å². The number of aromatic amines is 1. The summed E-state index contributed by atoms with van der Waals surface area (Å²) in [7, 11) is 0. The number of hydrogen-bond donors (Lipinski definition) is 2. The Hall–Kier alpha value is -1.75. The van der Waals surface area contributed by atoms with Crippen LogP contribution in [0.1, 0.15) is 37.3 Å². The van der Waals surface area contributed by atoms with Crippen LogP contribution in [-0.4, -0.2) is 20.6 Å². The van der Waals surface area contributed by atoms with E-state index in [2.05, 4.69) is 45.0 Å².